The zero-order valence-corrected chi connectivity index (χ0v) is 7.43. The van der Waals surface area contributed by atoms with Crippen molar-refractivity contribution in [1.29, 1.82) is 0 Å². The standard InChI is InChI=1S/C6H10N.Al.2H/c1-2-6-4-7-3-5(1)6;;;/h5-6H,1-4H2;;;/q-1;+1;;. The van der Waals surface area contributed by atoms with Crippen LogP contribution in [0.1, 0.15) is 12.8 Å². The Hall–Kier alpha value is 0.492. The first-order chi connectivity index (χ1) is 3.86. The summed E-state index contributed by atoms with van der Waals surface area (Å²) < 4.78 is 2.60. The minimum absolute atomic E-state index is 1.13. The van der Waals surface area contributed by atoms with Crippen LogP contribution >= 0.6 is 0 Å². The number of rotatable bonds is 0. The van der Waals surface area contributed by atoms with Gasteiger partial charge in [-0.05, 0) is 37.8 Å². The first kappa shape index (κ1) is 5.29. The molecule has 0 radical (unpaired) electrons. The molecule has 2 aliphatic rings. The first-order valence-corrected chi connectivity index (χ1v) is 4.44. The van der Waals surface area contributed by atoms with Crippen LogP contribution in [-0.2, 0) is 0 Å². The zero-order chi connectivity index (χ0) is 5.56. The van der Waals surface area contributed by atoms with E-state index in [1.165, 1.54) is 42.4 Å². The normalized spacial score (nSPS) is 46.0. The summed E-state index contributed by atoms with van der Waals surface area (Å²) >= 11 is 1.30. The first-order valence-electron chi connectivity index (χ1n) is 3.55. The summed E-state index contributed by atoms with van der Waals surface area (Å²) in [5.74, 6) is 2.26. The molecule has 0 aromatic rings. The molecule has 0 aromatic heterocycles. The van der Waals surface area contributed by atoms with Crippen molar-refractivity contribution in [2.24, 2.45) is 11.8 Å². The fourth-order valence-corrected chi connectivity index (χ4v) is 2.93. The molecular formula is C6H12AlN. The molecule has 2 atom stereocenters. The lowest BCUT2D eigenvalue weighted by Crippen LogP contribution is -2.22. The molecule has 8 heavy (non-hydrogen) atoms. The Balaban J connectivity index is 2.00. The third-order valence-corrected chi connectivity index (χ3v) is 3.40. The van der Waals surface area contributed by atoms with Crippen molar-refractivity contribution < 1.29 is 0 Å². The van der Waals surface area contributed by atoms with Crippen molar-refractivity contribution in [2.75, 3.05) is 13.1 Å². The Morgan fingerprint density at radius 3 is 1.88 bits per heavy atom. The summed E-state index contributed by atoms with van der Waals surface area (Å²) in [5.41, 5.74) is 0. The molecule has 1 nitrogen and oxygen atoms in total. The van der Waals surface area contributed by atoms with Gasteiger partial charge in [0, 0.05) is 0 Å². The van der Waals surface area contributed by atoms with Gasteiger partial charge in [0.05, 0.1) is 0 Å². The lowest BCUT2D eigenvalue weighted by atomic mass is 9.77. The van der Waals surface area contributed by atoms with Crippen molar-refractivity contribution in [3.8, 4) is 0 Å². The van der Waals surface area contributed by atoms with Crippen LogP contribution in [0.3, 0.4) is 0 Å². The van der Waals surface area contributed by atoms with Gasteiger partial charge in [0.1, 0.15) is 0 Å². The van der Waals surface area contributed by atoms with E-state index >= 15 is 0 Å². The molecule has 1 saturated heterocycles. The molecule has 0 aromatic carbocycles. The smallest absolute Gasteiger partial charge is 0.321 e. The van der Waals surface area contributed by atoms with Gasteiger partial charge in [0.2, 0.25) is 0 Å². The van der Waals surface area contributed by atoms with E-state index in [0.717, 1.165) is 11.8 Å². The molecule has 1 saturated carbocycles. The molecule has 0 amide bonds. The topological polar surface area (TPSA) is 3.24 Å². The second-order valence-electron chi connectivity index (χ2n) is 3.32. The summed E-state index contributed by atoms with van der Waals surface area (Å²) in [5, 5.41) is 0. The van der Waals surface area contributed by atoms with Crippen LogP contribution in [0.15, 0.2) is 0 Å². The number of fused-ring (bicyclic) bond motifs is 1. The van der Waals surface area contributed by atoms with Crippen LogP contribution in [-0.4, -0.2) is 33.5 Å². The summed E-state index contributed by atoms with van der Waals surface area (Å²) in [6, 6.07) is 0. The van der Waals surface area contributed by atoms with Gasteiger partial charge in [-0.2, -0.15) is 0 Å². The van der Waals surface area contributed by atoms with Crippen molar-refractivity contribution in [3.05, 3.63) is 0 Å². The van der Waals surface area contributed by atoms with Crippen molar-refractivity contribution in [2.45, 2.75) is 12.8 Å². The number of hydrogen-bond acceptors (Lipinski definition) is 1. The summed E-state index contributed by atoms with van der Waals surface area (Å²) in [4.78, 5) is 0. The van der Waals surface area contributed by atoms with E-state index in [-0.39, 0.29) is 0 Å². The van der Waals surface area contributed by atoms with Crippen molar-refractivity contribution >= 4 is 16.5 Å². The van der Waals surface area contributed by atoms with E-state index in [2.05, 4.69) is 3.88 Å². The molecule has 44 valence electrons. The van der Waals surface area contributed by atoms with Gasteiger partial charge in [-0.3, -0.25) is 0 Å². The van der Waals surface area contributed by atoms with Gasteiger partial charge in [0.15, 0.2) is 0 Å². The van der Waals surface area contributed by atoms with Gasteiger partial charge < -0.3 is 3.88 Å². The zero-order valence-electron chi connectivity index (χ0n) is 5.43. The van der Waals surface area contributed by atoms with Crippen LogP contribution < -0.4 is 0 Å². The number of hydrogen-bond donors (Lipinski definition) is 0. The molecule has 0 spiro atoms. The lowest BCUT2D eigenvalue weighted by Gasteiger charge is -2.28. The quantitative estimate of drug-likeness (QED) is 0.408. The van der Waals surface area contributed by atoms with E-state index in [1.807, 2.05) is 0 Å². The Bertz CT molecular complexity index is 92.7. The summed E-state index contributed by atoms with van der Waals surface area (Å²) in [6.45, 7) is 2.88. The van der Waals surface area contributed by atoms with Crippen LogP contribution in [0, 0.1) is 11.8 Å². The maximum Gasteiger partial charge on any atom is 0.321 e. The van der Waals surface area contributed by atoms with Crippen molar-refractivity contribution in [3.63, 3.8) is 0 Å². The third kappa shape index (κ3) is 0.640. The van der Waals surface area contributed by atoms with E-state index in [4.69, 9.17) is 0 Å². The molecule has 2 heteroatoms. The highest BCUT2D eigenvalue weighted by Gasteiger charge is 2.36. The Morgan fingerprint density at radius 1 is 1.12 bits per heavy atom. The van der Waals surface area contributed by atoms with Crippen LogP contribution in [0.5, 0.6) is 0 Å². The largest absolute Gasteiger partial charge is 0.390 e. The minimum Gasteiger partial charge on any atom is -0.390 e. The molecule has 1 aliphatic carbocycles. The van der Waals surface area contributed by atoms with Crippen molar-refractivity contribution in [1.82, 2.24) is 3.88 Å². The average Bonchev–Trinajstić information content (AvgIpc) is 1.91. The molecular weight excluding hydrogens is 113 g/mol. The summed E-state index contributed by atoms with van der Waals surface area (Å²) in [7, 11) is 0. The van der Waals surface area contributed by atoms with E-state index in [0.29, 0.717) is 0 Å². The SMILES string of the molecule is [AlH2][N]1CC2CCC2C1. The predicted molar refractivity (Wildman–Crippen MR) is 36.3 cm³/mol. The van der Waals surface area contributed by atoms with Gasteiger partial charge >= 0.3 is 16.5 Å². The highest BCUT2D eigenvalue weighted by Crippen LogP contribution is 2.39. The van der Waals surface area contributed by atoms with Crippen LogP contribution in [0.2, 0.25) is 0 Å². The second kappa shape index (κ2) is 1.73. The maximum atomic E-state index is 2.60. The molecule has 0 bridgehead atoms. The lowest BCUT2D eigenvalue weighted by molar-refractivity contribution is 0.243. The second-order valence-corrected chi connectivity index (χ2v) is 4.58. The fourth-order valence-electron chi connectivity index (χ4n) is 1.99. The van der Waals surface area contributed by atoms with E-state index < -0.39 is 0 Å². The predicted octanol–water partition coefficient (Wildman–Crippen LogP) is -0.124. The molecule has 2 unspecified atom stereocenters. The van der Waals surface area contributed by atoms with Gasteiger partial charge in [-0.25, -0.2) is 0 Å². The highest BCUT2D eigenvalue weighted by atomic mass is 27.1. The van der Waals surface area contributed by atoms with Gasteiger partial charge in [-0.1, -0.05) is 0 Å². The molecule has 2 rings (SSSR count). The van der Waals surface area contributed by atoms with Crippen LogP contribution in [0.25, 0.3) is 0 Å². The molecule has 1 aliphatic heterocycles. The minimum atomic E-state index is 1.13. The third-order valence-electron chi connectivity index (χ3n) is 2.67. The van der Waals surface area contributed by atoms with E-state index in [9.17, 15) is 0 Å². The fraction of sp³-hybridized carbons (Fsp3) is 1.00. The Labute approximate surface area is 58.7 Å². The maximum absolute atomic E-state index is 2.60. The monoisotopic (exact) mass is 125 g/mol. The van der Waals surface area contributed by atoms with Gasteiger partial charge in [0.25, 0.3) is 0 Å². The van der Waals surface area contributed by atoms with E-state index in [1.54, 1.807) is 0 Å². The number of nitrogens with zero attached hydrogens (tertiary/aromatic N) is 1. The Morgan fingerprint density at radius 2 is 1.62 bits per heavy atom. The highest BCUT2D eigenvalue weighted by molar-refractivity contribution is 6.04. The molecule has 1 heterocycles. The summed E-state index contributed by atoms with van der Waals surface area (Å²) in [6.07, 6.45) is 3.06. The molecule has 0 N–H and O–H groups in total. The Kier molecular flexibility index (Phi) is 1.15. The van der Waals surface area contributed by atoms with Gasteiger partial charge in [-0.15, -0.1) is 0 Å². The average molecular weight is 125 g/mol. The van der Waals surface area contributed by atoms with Crippen LogP contribution in [0.4, 0.5) is 0 Å². The molecule has 2 fully saturated rings.